The Labute approximate surface area is 106 Å². The van der Waals surface area contributed by atoms with Crippen molar-refractivity contribution in [2.45, 2.75) is 48.9 Å². The number of aryl methyl sites for hydroxylation is 1. The number of aromatic amines is 1. The van der Waals surface area contributed by atoms with Crippen molar-refractivity contribution < 1.29 is 8.42 Å². The number of halogens is 1. The summed E-state index contributed by atoms with van der Waals surface area (Å²) in [6, 6.07) is -0.00991. The van der Waals surface area contributed by atoms with E-state index in [1.54, 1.807) is 6.92 Å². The van der Waals surface area contributed by atoms with E-state index in [0.29, 0.717) is 5.69 Å². The van der Waals surface area contributed by atoms with Crippen LogP contribution < -0.4 is 4.72 Å². The molecule has 0 aromatic carbocycles. The molecule has 2 N–H and O–H groups in total. The molecule has 0 atom stereocenters. The first-order valence-electron chi connectivity index (χ1n) is 5.65. The lowest BCUT2D eigenvalue weighted by molar-refractivity contribution is 0.416. The van der Waals surface area contributed by atoms with Crippen molar-refractivity contribution in [3.63, 3.8) is 0 Å². The molecule has 0 unspecified atom stereocenters. The summed E-state index contributed by atoms with van der Waals surface area (Å²) >= 11 is 5.99. The minimum atomic E-state index is -3.45. The zero-order valence-electron chi connectivity index (χ0n) is 9.61. The molecule has 0 radical (unpaired) electrons. The molecule has 17 heavy (non-hydrogen) atoms. The maximum absolute atomic E-state index is 12.1. The van der Waals surface area contributed by atoms with E-state index >= 15 is 0 Å². The van der Waals surface area contributed by atoms with Crippen molar-refractivity contribution in [2.75, 3.05) is 0 Å². The van der Waals surface area contributed by atoms with Crippen molar-refractivity contribution in [1.82, 2.24) is 14.9 Å². The molecule has 7 heteroatoms. The fraction of sp³-hybridized carbons (Fsp3) is 0.700. The molecule has 2 rings (SSSR count). The molecule has 1 fully saturated rings. The summed E-state index contributed by atoms with van der Waals surface area (Å²) in [5.41, 5.74) is 0.559. The molecular formula is C10H16ClN3O2S. The topological polar surface area (TPSA) is 74.8 Å². The molecule has 1 aromatic heterocycles. The standard InChI is InChI=1S/C10H16ClN3O2S/c1-7-10(6-12-13-7)17(15,16)14-9-4-2-8(11)3-5-9/h6,8-9,14H,2-5H2,1H3,(H,12,13). The van der Waals surface area contributed by atoms with Crippen LogP contribution in [0.4, 0.5) is 0 Å². The van der Waals surface area contributed by atoms with Gasteiger partial charge in [-0.05, 0) is 32.6 Å². The highest BCUT2D eigenvalue weighted by Gasteiger charge is 2.26. The third-order valence-electron chi connectivity index (χ3n) is 3.05. The maximum atomic E-state index is 12.1. The van der Waals surface area contributed by atoms with Gasteiger partial charge in [-0.1, -0.05) is 0 Å². The highest BCUT2D eigenvalue weighted by molar-refractivity contribution is 7.89. The monoisotopic (exact) mass is 277 g/mol. The molecule has 5 nitrogen and oxygen atoms in total. The molecule has 0 aliphatic heterocycles. The molecule has 1 aliphatic carbocycles. The van der Waals surface area contributed by atoms with Gasteiger partial charge in [-0.25, -0.2) is 13.1 Å². The van der Waals surface area contributed by atoms with Crippen LogP contribution in [0, 0.1) is 6.92 Å². The van der Waals surface area contributed by atoms with Gasteiger partial charge >= 0.3 is 0 Å². The van der Waals surface area contributed by atoms with Gasteiger partial charge in [0.05, 0.1) is 11.9 Å². The smallest absolute Gasteiger partial charge is 0.244 e. The van der Waals surface area contributed by atoms with E-state index in [4.69, 9.17) is 11.6 Å². The van der Waals surface area contributed by atoms with Crippen LogP contribution in [0.2, 0.25) is 0 Å². The summed E-state index contributed by atoms with van der Waals surface area (Å²) in [5.74, 6) is 0. The van der Waals surface area contributed by atoms with E-state index in [2.05, 4.69) is 14.9 Å². The van der Waals surface area contributed by atoms with Gasteiger partial charge in [-0.15, -0.1) is 11.6 Å². The largest absolute Gasteiger partial charge is 0.281 e. The predicted molar refractivity (Wildman–Crippen MR) is 65.5 cm³/mol. The zero-order valence-corrected chi connectivity index (χ0v) is 11.2. The van der Waals surface area contributed by atoms with Crippen molar-refractivity contribution in [1.29, 1.82) is 0 Å². The van der Waals surface area contributed by atoms with Crippen LogP contribution in [0.3, 0.4) is 0 Å². The lowest BCUT2D eigenvalue weighted by atomic mass is 9.96. The van der Waals surface area contributed by atoms with Gasteiger partial charge in [0.1, 0.15) is 4.90 Å². The fourth-order valence-corrected chi connectivity index (χ4v) is 3.76. The lowest BCUT2D eigenvalue weighted by Crippen LogP contribution is -2.37. The van der Waals surface area contributed by atoms with Crippen molar-refractivity contribution >= 4 is 21.6 Å². The molecular weight excluding hydrogens is 262 g/mol. The Morgan fingerprint density at radius 1 is 1.41 bits per heavy atom. The number of hydrogen-bond acceptors (Lipinski definition) is 3. The van der Waals surface area contributed by atoms with Crippen LogP contribution in [-0.2, 0) is 10.0 Å². The lowest BCUT2D eigenvalue weighted by Gasteiger charge is -2.25. The van der Waals surface area contributed by atoms with E-state index in [9.17, 15) is 8.42 Å². The van der Waals surface area contributed by atoms with Crippen LogP contribution in [0.1, 0.15) is 31.4 Å². The highest BCUT2D eigenvalue weighted by Crippen LogP contribution is 2.24. The SMILES string of the molecule is Cc1[nH]ncc1S(=O)(=O)NC1CCC(Cl)CC1. The van der Waals surface area contributed by atoms with E-state index in [1.807, 2.05) is 0 Å². The Morgan fingerprint density at radius 2 is 2.06 bits per heavy atom. The Hall–Kier alpha value is -0.590. The second-order valence-corrected chi connectivity index (χ2v) is 6.73. The van der Waals surface area contributed by atoms with Gasteiger partial charge in [0.2, 0.25) is 10.0 Å². The van der Waals surface area contributed by atoms with Crippen molar-refractivity contribution in [3.05, 3.63) is 11.9 Å². The van der Waals surface area contributed by atoms with E-state index in [0.717, 1.165) is 25.7 Å². The summed E-state index contributed by atoms with van der Waals surface area (Å²) < 4.78 is 26.8. The van der Waals surface area contributed by atoms with Crippen LogP contribution in [0.5, 0.6) is 0 Å². The summed E-state index contributed by atoms with van der Waals surface area (Å²) in [5, 5.41) is 6.54. The molecule has 1 saturated carbocycles. The second-order valence-electron chi connectivity index (χ2n) is 4.43. The summed E-state index contributed by atoms with van der Waals surface area (Å²) in [6.07, 6.45) is 4.65. The maximum Gasteiger partial charge on any atom is 0.244 e. The minimum Gasteiger partial charge on any atom is -0.281 e. The van der Waals surface area contributed by atoms with Crippen LogP contribution in [0.15, 0.2) is 11.1 Å². The molecule has 0 spiro atoms. The number of H-pyrrole nitrogens is 1. The van der Waals surface area contributed by atoms with E-state index in [-0.39, 0.29) is 16.3 Å². The summed E-state index contributed by atoms with van der Waals surface area (Å²) in [6.45, 7) is 1.69. The Bertz CT molecular complexity index is 477. The minimum absolute atomic E-state index is 0.00991. The molecule has 1 heterocycles. The number of hydrogen-bond donors (Lipinski definition) is 2. The Kier molecular flexibility index (Phi) is 3.75. The first-order chi connectivity index (χ1) is 7.99. The van der Waals surface area contributed by atoms with Gasteiger partial charge in [0.25, 0.3) is 0 Å². The number of aromatic nitrogens is 2. The Balaban J connectivity index is 2.06. The van der Waals surface area contributed by atoms with Crippen molar-refractivity contribution in [3.8, 4) is 0 Å². The first-order valence-corrected chi connectivity index (χ1v) is 7.57. The molecule has 1 aromatic rings. The second kappa shape index (κ2) is 4.96. The summed E-state index contributed by atoms with van der Waals surface area (Å²) in [7, 11) is -3.45. The normalized spacial score (nSPS) is 26.0. The Morgan fingerprint density at radius 3 is 2.59 bits per heavy atom. The number of nitrogens with one attached hydrogen (secondary N) is 2. The van der Waals surface area contributed by atoms with Crippen LogP contribution >= 0.6 is 11.6 Å². The average Bonchev–Trinajstić information content (AvgIpc) is 2.68. The van der Waals surface area contributed by atoms with Gasteiger partial charge < -0.3 is 0 Å². The summed E-state index contributed by atoms with van der Waals surface area (Å²) in [4.78, 5) is 0.227. The van der Waals surface area contributed by atoms with Crippen LogP contribution in [0.25, 0.3) is 0 Å². The van der Waals surface area contributed by atoms with Gasteiger partial charge in [0, 0.05) is 11.4 Å². The number of rotatable bonds is 3. The predicted octanol–water partition coefficient (Wildman–Crippen LogP) is 1.55. The van der Waals surface area contributed by atoms with E-state index in [1.165, 1.54) is 6.20 Å². The van der Waals surface area contributed by atoms with Gasteiger partial charge in [0.15, 0.2) is 0 Å². The average molecular weight is 278 g/mol. The zero-order chi connectivity index (χ0) is 12.5. The third kappa shape index (κ3) is 3.00. The van der Waals surface area contributed by atoms with Gasteiger partial charge in [-0.3, -0.25) is 5.10 Å². The molecule has 0 bridgehead atoms. The molecule has 96 valence electrons. The van der Waals surface area contributed by atoms with Crippen LogP contribution in [-0.4, -0.2) is 30.0 Å². The molecule has 0 saturated heterocycles. The molecule has 0 amide bonds. The quantitative estimate of drug-likeness (QED) is 0.823. The number of sulfonamides is 1. The van der Waals surface area contributed by atoms with Gasteiger partial charge in [-0.2, -0.15) is 5.10 Å². The molecule has 1 aliphatic rings. The van der Waals surface area contributed by atoms with E-state index < -0.39 is 10.0 Å². The van der Waals surface area contributed by atoms with Crippen molar-refractivity contribution in [2.24, 2.45) is 0 Å². The fourth-order valence-electron chi connectivity index (χ4n) is 2.06. The third-order valence-corrected chi connectivity index (χ3v) is 5.12. The number of alkyl halides is 1. The number of nitrogens with zero attached hydrogens (tertiary/aromatic N) is 1. The first kappa shape index (κ1) is 12.9. The highest BCUT2D eigenvalue weighted by atomic mass is 35.5.